The molecule has 0 spiro atoms. The Bertz CT molecular complexity index is 796. The van der Waals surface area contributed by atoms with Crippen molar-refractivity contribution >= 4 is 29.2 Å². The predicted octanol–water partition coefficient (Wildman–Crippen LogP) is 4.60. The molecule has 22 heavy (non-hydrogen) atoms. The number of nitrogens with zero attached hydrogens (tertiary/aromatic N) is 1. The molecule has 0 fully saturated rings. The number of ether oxygens (including phenoxy) is 1. The molecule has 0 aliphatic heterocycles. The molecule has 0 atom stereocenters. The van der Waals surface area contributed by atoms with Crippen LogP contribution in [0, 0.1) is 0 Å². The summed E-state index contributed by atoms with van der Waals surface area (Å²) in [5.41, 5.74) is 0.654. The van der Waals surface area contributed by atoms with Crippen molar-refractivity contribution < 1.29 is 18.5 Å². The highest BCUT2D eigenvalue weighted by molar-refractivity contribution is 6.43. The summed E-state index contributed by atoms with van der Waals surface area (Å²) in [5.74, 6) is 0.412. The Kier molecular flexibility index (Phi) is 4.18. The minimum absolute atomic E-state index is 0.0497. The summed E-state index contributed by atoms with van der Waals surface area (Å²) in [6.45, 7) is -0.0497. The molecule has 0 amide bonds. The molecule has 1 aromatic carbocycles. The third-order valence-corrected chi connectivity index (χ3v) is 3.66. The predicted molar refractivity (Wildman–Crippen MR) is 79.8 cm³/mol. The zero-order valence-electron chi connectivity index (χ0n) is 11.1. The van der Waals surface area contributed by atoms with Crippen LogP contribution in [0.5, 0.6) is 0 Å². The van der Waals surface area contributed by atoms with Crippen LogP contribution in [0.2, 0.25) is 10.0 Å². The largest absolute Gasteiger partial charge is 0.461 e. The molecule has 7 heteroatoms. The lowest BCUT2D eigenvalue weighted by Crippen LogP contribution is -2.06. The van der Waals surface area contributed by atoms with Crippen LogP contribution in [0.25, 0.3) is 11.5 Å². The average Bonchev–Trinajstić information content (AvgIpc) is 3.18. The van der Waals surface area contributed by atoms with Gasteiger partial charge in [0.2, 0.25) is 5.76 Å². The van der Waals surface area contributed by atoms with Gasteiger partial charge in [0.25, 0.3) is 0 Å². The molecule has 0 aliphatic carbocycles. The van der Waals surface area contributed by atoms with Crippen LogP contribution in [-0.4, -0.2) is 11.1 Å². The minimum atomic E-state index is -0.588. The number of carbonyl (C=O) groups excluding carboxylic acids is 1. The maximum atomic E-state index is 12.0. The Labute approximate surface area is 135 Å². The monoisotopic (exact) mass is 337 g/mol. The smallest absolute Gasteiger partial charge is 0.340 e. The Morgan fingerprint density at radius 3 is 2.82 bits per heavy atom. The van der Waals surface area contributed by atoms with E-state index in [2.05, 4.69) is 5.16 Å². The van der Waals surface area contributed by atoms with Gasteiger partial charge in [-0.2, -0.15) is 0 Å². The Balaban J connectivity index is 1.68. The summed E-state index contributed by atoms with van der Waals surface area (Å²) in [5, 5.41) is 4.25. The molecule has 3 rings (SSSR count). The van der Waals surface area contributed by atoms with Crippen molar-refractivity contribution in [2.24, 2.45) is 0 Å². The molecule has 0 radical (unpaired) electrons. The summed E-state index contributed by atoms with van der Waals surface area (Å²) < 4.78 is 15.4. The lowest BCUT2D eigenvalue weighted by molar-refractivity contribution is 0.0464. The van der Waals surface area contributed by atoms with Gasteiger partial charge in [0, 0.05) is 6.07 Å². The number of benzene rings is 1. The van der Waals surface area contributed by atoms with Crippen molar-refractivity contribution in [1.29, 1.82) is 0 Å². The number of halogens is 2. The van der Waals surface area contributed by atoms with Crippen molar-refractivity contribution in [3.05, 3.63) is 64.0 Å². The summed E-state index contributed by atoms with van der Waals surface area (Å²) in [4.78, 5) is 12.0. The summed E-state index contributed by atoms with van der Waals surface area (Å²) in [6, 6.07) is 9.85. The molecule has 3 aromatic rings. The van der Waals surface area contributed by atoms with Crippen LogP contribution in [0.15, 0.2) is 51.6 Å². The van der Waals surface area contributed by atoms with Gasteiger partial charge in [-0.15, -0.1) is 0 Å². The average molecular weight is 338 g/mol. The summed E-state index contributed by atoms with van der Waals surface area (Å²) in [7, 11) is 0. The second-order valence-corrected chi connectivity index (χ2v) is 5.12. The van der Waals surface area contributed by atoms with Gasteiger partial charge >= 0.3 is 5.97 Å². The highest BCUT2D eigenvalue weighted by atomic mass is 35.5. The van der Waals surface area contributed by atoms with E-state index in [1.54, 1.807) is 30.3 Å². The Morgan fingerprint density at radius 2 is 2.05 bits per heavy atom. The van der Waals surface area contributed by atoms with Gasteiger partial charge in [-0.3, -0.25) is 0 Å². The van der Waals surface area contributed by atoms with Crippen LogP contribution in [0.4, 0.5) is 0 Å². The molecule has 2 heterocycles. The van der Waals surface area contributed by atoms with Crippen molar-refractivity contribution in [2.75, 3.05) is 0 Å². The van der Waals surface area contributed by atoms with Crippen molar-refractivity contribution in [3.63, 3.8) is 0 Å². The standard InChI is InChI=1S/C15H9Cl2NO4/c16-11-4-1-3-10(14(11)17)15(19)21-8-9-7-13(22-18-9)12-5-2-6-20-12/h1-7H,8H2. The Hall–Kier alpha value is -2.24. The molecule has 2 aromatic heterocycles. The highest BCUT2D eigenvalue weighted by Crippen LogP contribution is 2.26. The first-order valence-electron chi connectivity index (χ1n) is 6.26. The van der Waals surface area contributed by atoms with E-state index in [0.29, 0.717) is 17.2 Å². The van der Waals surface area contributed by atoms with Crippen molar-refractivity contribution in [1.82, 2.24) is 5.16 Å². The minimum Gasteiger partial charge on any atom is -0.461 e. The van der Waals surface area contributed by atoms with E-state index in [1.807, 2.05) is 0 Å². The molecule has 0 saturated carbocycles. The fourth-order valence-corrected chi connectivity index (χ4v) is 2.17. The molecule has 0 N–H and O–H groups in total. The first-order chi connectivity index (χ1) is 10.6. The SMILES string of the molecule is O=C(OCc1cc(-c2ccco2)on1)c1cccc(Cl)c1Cl. The molecule has 5 nitrogen and oxygen atoms in total. The van der Waals surface area contributed by atoms with Gasteiger partial charge in [0.15, 0.2) is 5.76 Å². The maximum absolute atomic E-state index is 12.0. The first-order valence-corrected chi connectivity index (χ1v) is 7.01. The lowest BCUT2D eigenvalue weighted by atomic mass is 10.2. The third kappa shape index (κ3) is 3.00. The van der Waals surface area contributed by atoms with Gasteiger partial charge in [-0.25, -0.2) is 4.79 Å². The molecule has 0 unspecified atom stereocenters. The van der Waals surface area contributed by atoms with E-state index in [1.165, 1.54) is 12.3 Å². The zero-order valence-corrected chi connectivity index (χ0v) is 12.6. The number of furan rings is 1. The summed E-state index contributed by atoms with van der Waals surface area (Å²) >= 11 is 11.8. The van der Waals surface area contributed by atoms with E-state index < -0.39 is 5.97 Å². The quantitative estimate of drug-likeness (QED) is 0.651. The van der Waals surface area contributed by atoms with Crippen molar-refractivity contribution in [2.45, 2.75) is 6.61 Å². The number of aromatic nitrogens is 1. The van der Waals surface area contributed by atoms with E-state index in [0.717, 1.165) is 0 Å². The first kappa shape index (κ1) is 14.7. The fraction of sp³-hybridized carbons (Fsp3) is 0.0667. The van der Waals surface area contributed by atoms with E-state index >= 15 is 0 Å². The van der Waals surface area contributed by atoms with Crippen LogP contribution >= 0.6 is 23.2 Å². The number of rotatable bonds is 4. The van der Waals surface area contributed by atoms with E-state index in [9.17, 15) is 4.79 Å². The lowest BCUT2D eigenvalue weighted by Gasteiger charge is -2.05. The van der Waals surface area contributed by atoms with Crippen LogP contribution in [0.1, 0.15) is 16.1 Å². The second kappa shape index (κ2) is 6.25. The van der Waals surface area contributed by atoms with Crippen LogP contribution in [0.3, 0.4) is 0 Å². The van der Waals surface area contributed by atoms with E-state index in [-0.39, 0.29) is 22.2 Å². The molecule has 0 aliphatic rings. The van der Waals surface area contributed by atoms with Crippen LogP contribution < -0.4 is 0 Å². The number of esters is 1. The molecule has 0 bridgehead atoms. The molecular weight excluding hydrogens is 329 g/mol. The van der Waals surface area contributed by atoms with E-state index in [4.69, 9.17) is 36.9 Å². The third-order valence-electron chi connectivity index (χ3n) is 2.85. The number of hydrogen-bond acceptors (Lipinski definition) is 5. The summed E-state index contributed by atoms with van der Waals surface area (Å²) in [6.07, 6.45) is 1.53. The Morgan fingerprint density at radius 1 is 1.18 bits per heavy atom. The number of hydrogen-bond donors (Lipinski definition) is 0. The van der Waals surface area contributed by atoms with Gasteiger partial charge < -0.3 is 13.7 Å². The highest BCUT2D eigenvalue weighted by Gasteiger charge is 2.15. The molecular formula is C15H9Cl2NO4. The maximum Gasteiger partial charge on any atom is 0.340 e. The number of carbonyl (C=O) groups is 1. The second-order valence-electron chi connectivity index (χ2n) is 4.34. The van der Waals surface area contributed by atoms with Gasteiger partial charge in [0.1, 0.15) is 12.3 Å². The topological polar surface area (TPSA) is 65.5 Å². The molecule has 0 saturated heterocycles. The zero-order chi connectivity index (χ0) is 15.5. The van der Waals surface area contributed by atoms with Gasteiger partial charge in [-0.1, -0.05) is 34.4 Å². The van der Waals surface area contributed by atoms with Gasteiger partial charge in [-0.05, 0) is 24.3 Å². The fourth-order valence-electron chi connectivity index (χ4n) is 1.79. The normalized spacial score (nSPS) is 10.6. The van der Waals surface area contributed by atoms with Gasteiger partial charge in [0.05, 0.1) is 21.9 Å². The molecule has 112 valence electrons. The van der Waals surface area contributed by atoms with Crippen molar-refractivity contribution in [3.8, 4) is 11.5 Å². The van der Waals surface area contributed by atoms with Crippen LogP contribution in [-0.2, 0) is 11.3 Å².